The minimum atomic E-state index is -0.699. The summed E-state index contributed by atoms with van der Waals surface area (Å²) in [6, 6.07) is 0. The van der Waals surface area contributed by atoms with Gasteiger partial charge in [-0.15, -0.1) is 0 Å². The van der Waals surface area contributed by atoms with E-state index in [0.29, 0.717) is 24.6 Å². The van der Waals surface area contributed by atoms with E-state index in [1.54, 1.807) is 0 Å². The lowest BCUT2D eigenvalue weighted by molar-refractivity contribution is -0.152. The lowest BCUT2D eigenvalue weighted by atomic mass is 9.68. The van der Waals surface area contributed by atoms with Gasteiger partial charge < -0.3 is 5.11 Å². The van der Waals surface area contributed by atoms with Gasteiger partial charge in [-0.25, -0.2) is 0 Å². The van der Waals surface area contributed by atoms with E-state index in [-0.39, 0.29) is 11.7 Å². The average Bonchev–Trinajstić information content (AvgIpc) is 2.28. The highest BCUT2D eigenvalue weighted by atomic mass is 79.9. The van der Waals surface area contributed by atoms with E-state index in [2.05, 4.69) is 15.9 Å². The maximum atomic E-state index is 11.4. The maximum Gasteiger partial charge on any atom is 0.309 e. The van der Waals surface area contributed by atoms with Gasteiger partial charge in [0.25, 0.3) is 0 Å². The number of carbonyl (C=O) groups excluding carboxylic acids is 1. The standard InChI is InChI=1S/C11H17BrO3/c1-2-11(10(14)15)5-3-8(4-6-11)9(13)7-12/h8H,2-7H2,1H3,(H,14,15). The molecule has 15 heavy (non-hydrogen) atoms. The first kappa shape index (κ1) is 12.7. The molecule has 1 fully saturated rings. The fourth-order valence-electron chi connectivity index (χ4n) is 2.32. The Kier molecular flexibility index (Phi) is 4.32. The van der Waals surface area contributed by atoms with Gasteiger partial charge in [0, 0.05) is 5.92 Å². The number of Topliss-reactive ketones (excluding diaryl/α,β-unsaturated/α-hetero) is 1. The second-order valence-corrected chi connectivity index (χ2v) is 4.87. The highest BCUT2D eigenvalue weighted by molar-refractivity contribution is 9.09. The van der Waals surface area contributed by atoms with Crippen LogP contribution in [0.5, 0.6) is 0 Å². The summed E-state index contributed by atoms with van der Waals surface area (Å²) < 4.78 is 0. The van der Waals surface area contributed by atoms with E-state index in [9.17, 15) is 14.7 Å². The van der Waals surface area contributed by atoms with Crippen LogP contribution >= 0.6 is 15.9 Å². The van der Waals surface area contributed by atoms with Crippen molar-refractivity contribution in [2.24, 2.45) is 11.3 Å². The lowest BCUT2D eigenvalue weighted by Crippen LogP contribution is -2.36. The Balaban J connectivity index is 2.61. The van der Waals surface area contributed by atoms with Crippen LogP contribution in [-0.4, -0.2) is 22.2 Å². The van der Waals surface area contributed by atoms with Crippen LogP contribution in [0.15, 0.2) is 0 Å². The number of hydrogen-bond donors (Lipinski definition) is 1. The number of rotatable bonds is 4. The van der Waals surface area contributed by atoms with Crippen LogP contribution in [-0.2, 0) is 9.59 Å². The van der Waals surface area contributed by atoms with Gasteiger partial charge in [-0.3, -0.25) is 9.59 Å². The molecule has 0 spiro atoms. The Morgan fingerprint density at radius 1 is 1.40 bits per heavy atom. The molecule has 0 amide bonds. The summed E-state index contributed by atoms with van der Waals surface area (Å²) in [5, 5.41) is 9.57. The molecule has 1 aliphatic carbocycles. The van der Waals surface area contributed by atoms with Crippen LogP contribution in [0.3, 0.4) is 0 Å². The van der Waals surface area contributed by atoms with E-state index in [1.165, 1.54) is 0 Å². The molecule has 1 N–H and O–H groups in total. The first-order chi connectivity index (χ1) is 7.05. The number of carbonyl (C=O) groups is 2. The predicted octanol–water partition coefficient (Wildman–Crippen LogP) is 2.62. The quantitative estimate of drug-likeness (QED) is 0.804. The molecule has 0 unspecified atom stereocenters. The molecule has 4 heteroatoms. The Labute approximate surface area is 98.4 Å². The van der Waals surface area contributed by atoms with Crippen LogP contribution in [0, 0.1) is 11.3 Å². The van der Waals surface area contributed by atoms with Crippen molar-refractivity contribution in [1.29, 1.82) is 0 Å². The highest BCUT2D eigenvalue weighted by Gasteiger charge is 2.41. The molecule has 1 rings (SSSR count). The second-order valence-electron chi connectivity index (χ2n) is 4.31. The summed E-state index contributed by atoms with van der Waals surface area (Å²) in [7, 11) is 0. The molecule has 1 aliphatic rings. The van der Waals surface area contributed by atoms with E-state index >= 15 is 0 Å². The molecule has 0 aliphatic heterocycles. The van der Waals surface area contributed by atoms with E-state index in [0.717, 1.165) is 12.8 Å². The molecule has 86 valence electrons. The molecule has 0 atom stereocenters. The highest BCUT2D eigenvalue weighted by Crippen LogP contribution is 2.42. The molecular formula is C11H17BrO3. The van der Waals surface area contributed by atoms with Gasteiger partial charge in [0.15, 0.2) is 0 Å². The summed E-state index contributed by atoms with van der Waals surface area (Å²) in [5.74, 6) is -0.414. The third kappa shape index (κ3) is 2.60. The molecule has 3 nitrogen and oxygen atoms in total. The van der Waals surface area contributed by atoms with Gasteiger partial charge in [-0.2, -0.15) is 0 Å². The monoisotopic (exact) mass is 276 g/mol. The minimum Gasteiger partial charge on any atom is -0.481 e. The zero-order valence-corrected chi connectivity index (χ0v) is 10.5. The van der Waals surface area contributed by atoms with Crippen LogP contribution in [0.4, 0.5) is 0 Å². The number of aliphatic carboxylic acids is 1. The topological polar surface area (TPSA) is 54.4 Å². The molecule has 0 saturated heterocycles. The van der Waals surface area contributed by atoms with Crippen molar-refractivity contribution >= 4 is 27.7 Å². The Morgan fingerprint density at radius 2 is 1.93 bits per heavy atom. The zero-order valence-electron chi connectivity index (χ0n) is 8.96. The molecular weight excluding hydrogens is 260 g/mol. The number of hydrogen-bond acceptors (Lipinski definition) is 2. The number of carboxylic acid groups (broad SMARTS) is 1. The van der Waals surface area contributed by atoms with E-state index in [1.807, 2.05) is 6.92 Å². The fraction of sp³-hybridized carbons (Fsp3) is 0.818. The van der Waals surface area contributed by atoms with Crippen LogP contribution in [0.1, 0.15) is 39.0 Å². The zero-order chi connectivity index (χ0) is 11.5. The molecule has 0 bridgehead atoms. The minimum absolute atomic E-state index is 0.0726. The third-order valence-electron chi connectivity index (χ3n) is 3.66. The summed E-state index contributed by atoms with van der Waals surface area (Å²) >= 11 is 3.16. The summed E-state index contributed by atoms with van der Waals surface area (Å²) in [6.45, 7) is 1.92. The normalized spacial score (nSPS) is 31.2. The largest absolute Gasteiger partial charge is 0.481 e. The molecule has 1 saturated carbocycles. The number of halogens is 1. The Hall–Kier alpha value is -0.380. The SMILES string of the molecule is CCC1(C(=O)O)CCC(C(=O)CBr)CC1. The van der Waals surface area contributed by atoms with Crippen LogP contribution in [0.25, 0.3) is 0 Å². The van der Waals surface area contributed by atoms with Gasteiger partial charge in [-0.05, 0) is 32.1 Å². The number of alkyl halides is 1. The van der Waals surface area contributed by atoms with Gasteiger partial charge in [-0.1, -0.05) is 22.9 Å². The third-order valence-corrected chi connectivity index (χ3v) is 4.21. The van der Waals surface area contributed by atoms with Crippen molar-refractivity contribution in [2.75, 3.05) is 5.33 Å². The van der Waals surface area contributed by atoms with Crippen LogP contribution in [0.2, 0.25) is 0 Å². The first-order valence-corrected chi connectivity index (χ1v) is 6.50. The number of carboxylic acids is 1. The number of ketones is 1. The first-order valence-electron chi connectivity index (χ1n) is 5.38. The van der Waals surface area contributed by atoms with Crippen molar-refractivity contribution in [3.05, 3.63) is 0 Å². The van der Waals surface area contributed by atoms with E-state index in [4.69, 9.17) is 0 Å². The average molecular weight is 277 g/mol. The molecule has 0 aromatic carbocycles. The van der Waals surface area contributed by atoms with Crippen molar-refractivity contribution < 1.29 is 14.7 Å². The summed E-state index contributed by atoms with van der Waals surface area (Å²) in [5.41, 5.74) is -0.566. The smallest absolute Gasteiger partial charge is 0.309 e. The van der Waals surface area contributed by atoms with Gasteiger partial charge in [0.05, 0.1) is 10.7 Å². The summed E-state index contributed by atoms with van der Waals surface area (Å²) in [6.07, 6.45) is 3.40. The van der Waals surface area contributed by atoms with Gasteiger partial charge in [0.2, 0.25) is 0 Å². The van der Waals surface area contributed by atoms with Crippen LogP contribution < -0.4 is 0 Å². The molecule has 0 aromatic rings. The predicted molar refractivity (Wildman–Crippen MR) is 61.1 cm³/mol. The molecule has 0 radical (unpaired) electrons. The van der Waals surface area contributed by atoms with Gasteiger partial charge in [0.1, 0.15) is 5.78 Å². The Morgan fingerprint density at radius 3 is 2.27 bits per heavy atom. The summed E-state index contributed by atoms with van der Waals surface area (Å²) in [4.78, 5) is 22.6. The van der Waals surface area contributed by atoms with Crippen molar-refractivity contribution in [1.82, 2.24) is 0 Å². The van der Waals surface area contributed by atoms with E-state index < -0.39 is 11.4 Å². The van der Waals surface area contributed by atoms with Crippen molar-refractivity contribution in [2.45, 2.75) is 39.0 Å². The van der Waals surface area contributed by atoms with Gasteiger partial charge >= 0.3 is 5.97 Å². The maximum absolute atomic E-state index is 11.4. The fourth-order valence-corrected chi connectivity index (χ4v) is 2.78. The molecule has 0 aromatic heterocycles. The molecule has 0 heterocycles. The van der Waals surface area contributed by atoms with Crippen molar-refractivity contribution in [3.8, 4) is 0 Å². The second kappa shape index (κ2) is 5.10. The van der Waals surface area contributed by atoms with Crippen molar-refractivity contribution in [3.63, 3.8) is 0 Å². The lowest BCUT2D eigenvalue weighted by Gasteiger charge is -2.35. The Bertz CT molecular complexity index is 255.